The van der Waals surface area contributed by atoms with Gasteiger partial charge in [-0.3, -0.25) is 0 Å². The second kappa shape index (κ2) is 12.1. The van der Waals surface area contributed by atoms with Crippen molar-refractivity contribution in [2.75, 3.05) is 91.6 Å². The Balaban J connectivity index is 1.81. The van der Waals surface area contributed by atoms with Crippen molar-refractivity contribution in [1.29, 1.82) is 0 Å². The van der Waals surface area contributed by atoms with Gasteiger partial charge in [-0.1, -0.05) is 0 Å². The van der Waals surface area contributed by atoms with Crippen LogP contribution in [0, 0.1) is 0 Å². The highest BCUT2D eigenvalue weighted by molar-refractivity contribution is 4.66. The van der Waals surface area contributed by atoms with Crippen molar-refractivity contribution >= 4 is 0 Å². The molecule has 2 rings (SSSR count). The van der Waals surface area contributed by atoms with Gasteiger partial charge >= 0.3 is 0 Å². The van der Waals surface area contributed by atoms with Gasteiger partial charge in [0.2, 0.25) is 0 Å². The highest BCUT2D eigenvalue weighted by Crippen LogP contribution is 1.94. The van der Waals surface area contributed by atoms with Gasteiger partial charge in [0.1, 0.15) is 0 Å². The van der Waals surface area contributed by atoms with Crippen molar-refractivity contribution in [1.82, 2.24) is 42.1 Å². The third kappa shape index (κ3) is 7.80. The molecule has 6 N–H and O–H groups in total. The second-order valence-electron chi connectivity index (χ2n) is 5.73. The Morgan fingerprint density at radius 2 is 0.818 bits per heavy atom. The molecule has 0 radical (unpaired) electrons. The summed E-state index contributed by atoms with van der Waals surface area (Å²) >= 11 is 0. The van der Waals surface area contributed by atoms with E-state index in [1.165, 1.54) is 0 Å². The van der Waals surface area contributed by atoms with Crippen molar-refractivity contribution in [2.45, 2.75) is 0 Å². The molecule has 0 spiro atoms. The number of nitrogens with one attached hydrogen (secondary N) is 6. The smallest absolute Gasteiger partial charge is 0.0415 e. The molecule has 130 valence electrons. The van der Waals surface area contributed by atoms with Crippen LogP contribution < -0.4 is 32.0 Å². The van der Waals surface area contributed by atoms with E-state index in [2.05, 4.69) is 42.1 Å². The predicted molar refractivity (Wildman–Crippen MR) is 90.6 cm³/mol. The quantitative estimate of drug-likeness (QED) is 0.306. The minimum Gasteiger partial charge on any atom is -0.314 e. The average molecular weight is 314 g/mol. The van der Waals surface area contributed by atoms with Gasteiger partial charge in [0.15, 0.2) is 0 Å². The fraction of sp³-hybridized carbons (Fsp3) is 1.00. The van der Waals surface area contributed by atoms with Crippen molar-refractivity contribution in [2.24, 2.45) is 0 Å². The van der Waals surface area contributed by atoms with Gasteiger partial charge in [-0.2, -0.15) is 5.12 Å². The van der Waals surface area contributed by atoms with Crippen LogP contribution in [0.15, 0.2) is 0 Å². The van der Waals surface area contributed by atoms with Gasteiger partial charge in [0, 0.05) is 91.6 Å². The molecule has 2 aliphatic heterocycles. The fourth-order valence-corrected chi connectivity index (χ4v) is 2.70. The normalized spacial score (nSPS) is 26.7. The summed E-state index contributed by atoms with van der Waals surface area (Å²) in [7, 11) is 0. The van der Waals surface area contributed by atoms with Crippen LogP contribution in [0.1, 0.15) is 0 Å². The van der Waals surface area contributed by atoms with Crippen LogP contribution >= 0.6 is 0 Å². The Morgan fingerprint density at radius 3 is 1.36 bits per heavy atom. The summed E-state index contributed by atoms with van der Waals surface area (Å²) in [6, 6.07) is 0. The first-order valence-corrected chi connectivity index (χ1v) is 8.76. The van der Waals surface area contributed by atoms with Crippen LogP contribution in [0.4, 0.5) is 0 Å². The first kappa shape index (κ1) is 18.0. The van der Waals surface area contributed by atoms with Crippen molar-refractivity contribution in [3.05, 3.63) is 0 Å². The number of hydrogen-bond acceptors (Lipinski definition) is 8. The lowest BCUT2D eigenvalue weighted by Crippen LogP contribution is -2.58. The molecule has 0 aliphatic carbocycles. The molecule has 8 nitrogen and oxygen atoms in total. The molecule has 0 atom stereocenters. The molecule has 0 bridgehead atoms. The molecule has 0 saturated carbocycles. The molecule has 2 fully saturated rings. The molecule has 0 unspecified atom stereocenters. The Morgan fingerprint density at radius 1 is 0.409 bits per heavy atom. The van der Waals surface area contributed by atoms with Gasteiger partial charge in [-0.15, -0.1) is 0 Å². The lowest BCUT2D eigenvalue weighted by atomic mass is 10.4. The molecule has 2 heterocycles. The Hall–Kier alpha value is -0.320. The standard InChI is InChI=1S/C14H34N8/c1-4-17-9-12-21(13-10-18-5-2-15-1)22-14-11-19-6-3-16-7-8-20-22/h15-20H,1-14H2. The van der Waals surface area contributed by atoms with Crippen LogP contribution in [0.25, 0.3) is 0 Å². The van der Waals surface area contributed by atoms with Crippen molar-refractivity contribution in [3.63, 3.8) is 0 Å². The minimum atomic E-state index is 0.973. The summed E-state index contributed by atoms with van der Waals surface area (Å²) in [6.07, 6.45) is 0. The summed E-state index contributed by atoms with van der Waals surface area (Å²) < 4.78 is 0. The molecule has 0 aromatic rings. The summed E-state index contributed by atoms with van der Waals surface area (Å²) in [4.78, 5) is 0. The highest BCUT2D eigenvalue weighted by Gasteiger charge is 2.15. The van der Waals surface area contributed by atoms with E-state index in [9.17, 15) is 0 Å². The summed E-state index contributed by atoms with van der Waals surface area (Å²) in [5.41, 5.74) is 3.56. The first-order chi connectivity index (χ1) is 11.0. The second-order valence-corrected chi connectivity index (χ2v) is 5.73. The molecule has 2 aliphatic rings. The van der Waals surface area contributed by atoms with E-state index >= 15 is 0 Å². The molecule has 0 aromatic heterocycles. The highest BCUT2D eigenvalue weighted by atomic mass is 15.8. The third-order valence-corrected chi connectivity index (χ3v) is 3.97. The maximum atomic E-state index is 3.56. The fourth-order valence-electron chi connectivity index (χ4n) is 2.70. The van der Waals surface area contributed by atoms with Crippen LogP contribution in [0.5, 0.6) is 0 Å². The van der Waals surface area contributed by atoms with Crippen molar-refractivity contribution < 1.29 is 0 Å². The van der Waals surface area contributed by atoms with E-state index in [4.69, 9.17) is 0 Å². The van der Waals surface area contributed by atoms with E-state index in [-0.39, 0.29) is 0 Å². The minimum absolute atomic E-state index is 0.973. The van der Waals surface area contributed by atoms with E-state index < -0.39 is 0 Å². The van der Waals surface area contributed by atoms with Gasteiger partial charge in [-0.05, 0) is 0 Å². The van der Waals surface area contributed by atoms with Gasteiger partial charge < -0.3 is 26.6 Å². The monoisotopic (exact) mass is 314 g/mol. The molecule has 22 heavy (non-hydrogen) atoms. The lowest BCUT2D eigenvalue weighted by molar-refractivity contribution is -0.0673. The molecular weight excluding hydrogens is 280 g/mol. The van der Waals surface area contributed by atoms with Crippen LogP contribution in [-0.4, -0.2) is 102 Å². The Labute approximate surface area is 134 Å². The summed E-state index contributed by atoms with van der Waals surface area (Å²) in [5.74, 6) is 0. The van der Waals surface area contributed by atoms with Crippen LogP contribution in [0.3, 0.4) is 0 Å². The SMILES string of the molecule is C1CNCCN(N2CCNCCNCCN2)CCNCCN1. The maximum absolute atomic E-state index is 3.56. The first-order valence-electron chi connectivity index (χ1n) is 8.76. The van der Waals surface area contributed by atoms with Gasteiger partial charge in [-0.25, -0.2) is 10.4 Å². The summed E-state index contributed by atoms with van der Waals surface area (Å²) in [6.45, 7) is 14.3. The molecular formula is C14H34N8. The van der Waals surface area contributed by atoms with Gasteiger partial charge in [0.25, 0.3) is 0 Å². The van der Waals surface area contributed by atoms with Crippen LogP contribution in [0.2, 0.25) is 0 Å². The molecule has 0 aromatic carbocycles. The van der Waals surface area contributed by atoms with Crippen molar-refractivity contribution in [3.8, 4) is 0 Å². The van der Waals surface area contributed by atoms with E-state index in [0.717, 1.165) is 91.6 Å². The molecule has 0 amide bonds. The predicted octanol–water partition coefficient (Wildman–Crippen LogP) is -3.01. The number of hydrogen-bond donors (Lipinski definition) is 6. The Bertz CT molecular complexity index is 243. The molecule has 2 saturated heterocycles. The van der Waals surface area contributed by atoms with Crippen LogP contribution in [-0.2, 0) is 0 Å². The maximum Gasteiger partial charge on any atom is 0.0415 e. The zero-order valence-corrected chi connectivity index (χ0v) is 13.8. The average Bonchev–Trinajstić information content (AvgIpc) is 2.53. The molecule has 8 heteroatoms. The summed E-state index contributed by atoms with van der Waals surface area (Å²) in [5, 5.41) is 22.1. The van der Waals surface area contributed by atoms with E-state index in [1.807, 2.05) is 0 Å². The number of hydrazine groups is 2. The zero-order chi connectivity index (χ0) is 15.3. The largest absolute Gasteiger partial charge is 0.314 e. The van der Waals surface area contributed by atoms with E-state index in [1.54, 1.807) is 0 Å². The topological polar surface area (TPSA) is 78.7 Å². The number of rotatable bonds is 1. The number of nitrogens with zero attached hydrogens (tertiary/aromatic N) is 2. The Kier molecular flexibility index (Phi) is 9.95. The third-order valence-electron chi connectivity index (χ3n) is 3.97. The lowest BCUT2D eigenvalue weighted by Gasteiger charge is -2.36. The van der Waals surface area contributed by atoms with E-state index in [0.29, 0.717) is 0 Å². The van der Waals surface area contributed by atoms with Gasteiger partial charge in [0.05, 0.1) is 0 Å². The zero-order valence-electron chi connectivity index (χ0n) is 13.8.